The van der Waals surface area contributed by atoms with Gasteiger partial charge in [0.1, 0.15) is 0 Å². The second-order valence-electron chi connectivity index (χ2n) is 4.14. The Balaban J connectivity index is 2.26. The van der Waals surface area contributed by atoms with Gasteiger partial charge in [-0.05, 0) is 42.7 Å². The van der Waals surface area contributed by atoms with Crippen LogP contribution in [0.3, 0.4) is 0 Å². The maximum Gasteiger partial charge on any atom is 0.161 e. The first-order chi connectivity index (χ1) is 6.27. The van der Waals surface area contributed by atoms with Crippen molar-refractivity contribution in [3.8, 4) is 11.5 Å². The van der Waals surface area contributed by atoms with Gasteiger partial charge in [-0.2, -0.15) is 0 Å². The number of phenols is 2. The molecular weight excluding hydrogens is 164 g/mol. The number of fused-ring (bicyclic) bond motifs is 5. The molecule has 2 atom stereocenters. The molecule has 1 fully saturated rings. The van der Waals surface area contributed by atoms with Gasteiger partial charge in [0.05, 0.1) is 0 Å². The molecule has 1 aromatic carbocycles. The van der Waals surface area contributed by atoms with Crippen molar-refractivity contribution in [2.24, 2.45) is 0 Å². The number of benzene rings is 1. The van der Waals surface area contributed by atoms with E-state index in [0.29, 0.717) is 11.8 Å². The molecule has 0 spiro atoms. The summed E-state index contributed by atoms with van der Waals surface area (Å²) in [5.74, 6) is 1.31. The third-order valence-corrected chi connectivity index (χ3v) is 3.51. The average Bonchev–Trinajstić information content (AvgIpc) is 2.70. The first-order valence-electron chi connectivity index (χ1n) is 4.82. The minimum atomic E-state index is 0.0336. The van der Waals surface area contributed by atoms with Crippen LogP contribution in [-0.2, 0) is 0 Å². The molecule has 0 heterocycles. The monoisotopic (exact) mass is 176 g/mol. The Labute approximate surface area is 76.8 Å². The number of hydrogen-bond acceptors (Lipinski definition) is 2. The SMILES string of the molecule is Oc1ccc2c(c1O)C1CCC2C1. The van der Waals surface area contributed by atoms with Crippen LogP contribution in [0.15, 0.2) is 12.1 Å². The second kappa shape index (κ2) is 2.19. The number of aromatic hydroxyl groups is 2. The lowest BCUT2D eigenvalue weighted by Gasteiger charge is -2.16. The molecule has 2 unspecified atom stereocenters. The Morgan fingerprint density at radius 1 is 1.08 bits per heavy atom. The fourth-order valence-electron chi connectivity index (χ4n) is 2.92. The summed E-state index contributed by atoms with van der Waals surface area (Å²) in [5.41, 5.74) is 2.29. The zero-order valence-electron chi connectivity index (χ0n) is 7.33. The van der Waals surface area contributed by atoms with Crippen LogP contribution in [0, 0.1) is 0 Å². The largest absolute Gasteiger partial charge is 0.504 e. The minimum Gasteiger partial charge on any atom is -0.504 e. The van der Waals surface area contributed by atoms with Crippen molar-refractivity contribution in [3.05, 3.63) is 23.3 Å². The van der Waals surface area contributed by atoms with Crippen molar-refractivity contribution in [1.29, 1.82) is 0 Å². The lowest BCUT2D eigenvalue weighted by Crippen LogP contribution is -1.97. The van der Waals surface area contributed by atoms with Gasteiger partial charge in [-0.3, -0.25) is 0 Å². The van der Waals surface area contributed by atoms with Crippen LogP contribution in [0.25, 0.3) is 0 Å². The maximum atomic E-state index is 9.69. The molecule has 1 aromatic rings. The highest BCUT2D eigenvalue weighted by atomic mass is 16.3. The van der Waals surface area contributed by atoms with Gasteiger partial charge in [0, 0.05) is 5.56 Å². The zero-order chi connectivity index (χ0) is 9.00. The van der Waals surface area contributed by atoms with E-state index in [1.54, 1.807) is 6.07 Å². The van der Waals surface area contributed by atoms with Gasteiger partial charge in [-0.25, -0.2) is 0 Å². The molecule has 0 radical (unpaired) electrons. The predicted octanol–water partition coefficient (Wildman–Crippen LogP) is 2.46. The molecule has 1 saturated carbocycles. The Bertz CT molecular complexity index is 371. The summed E-state index contributed by atoms with van der Waals surface area (Å²) in [7, 11) is 0. The van der Waals surface area contributed by atoms with Gasteiger partial charge < -0.3 is 10.2 Å². The van der Waals surface area contributed by atoms with E-state index in [2.05, 4.69) is 0 Å². The van der Waals surface area contributed by atoms with E-state index in [9.17, 15) is 10.2 Å². The summed E-state index contributed by atoms with van der Waals surface area (Å²) in [6.45, 7) is 0. The maximum absolute atomic E-state index is 9.69. The third-order valence-electron chi connectivity index (χ3n) is 3.51. The van der Waals surface area contributed by atoms with Gasteiger partial charge in [0.2, 0.25) is 0 Å². The number of hydrogen-bond donors (Lipinski definition) is 2. The van der Waals surface area contributed by atoms with E-state index >= 15 is 0 Å². The molecule has 0 amide bonds. The summed E-state index contributed by atoms with van der Waals surface area (Å²) in [6.07, 6.45) is 3.60. The van der Waals surface area contributed by atoms with Crippen LogP contribution < -0.4 is 0 Å². The Hall–Kier alpha value is -1.18. The summed E-state index contributed by atoms with van der Waals surface area (Å²) >= 11 is 0. The summed E-state index contributed by atoms with van der Waals surface area (Å²) in [5, 5.41) is 19.1. The summed E-state index contributed by atoms with van der Waals surface area (Å²) in [4.78, 5) is 0. The first kappa shape index (κ1) is 7.25. The van der Waals surface area contributed by atoms with Gasteiger partial charge >= 0.3 is 0 Å². The van der Waals surface area contributed by atoms with Gasteiger partial charge in [-0.1, -0.05) is 6.07 Å². The zero-order valence-corrected chi connectivity index (χ0v) is 7.33. The van der Waals surface area contributed by atoms with Crippen LogP contribution >= 0.6 is 0 Å². The fraction of sp³-hybridized carbons (Fsp3) is 0.455. The van der Waals surface area contributed by atoms with Crippen molar-refractivity contribution in [2.75, 3.05) is 0 Å². The average molecular weight is 176 g/mol. The smallest absolute Gasteiger partial charge is 0.161 e. The van der Waals surface area contributed by atoms with Crippen LogP contribution in [-0.4, -0.2) is 10.2 Å². The van der Waals surface area contributed by atoms with Crippen molar-refractivity contribution >= 4 is 0 Å². The lowest BCUT2D eigenvalue weighted by molar-refractivity contribution is 0.396. The molecule has 68 valence electrons. The van der Waals surface area contributed by atoms with E-state index in [4.69, 9.17) is 0 Å². The van der Waals surface area contributed by atoms with E-state index in [-0.39, 0.29) is 11.5 Å². The molecule has 2 heteroatoms. The molecule has 0 saturated heterocycles. The molecule has 0 aliphatic heterocycles. The molecule has 2 aliphatic carbocycles. The summed E-state index contributed by atoms with van der Waals surface area (Å²) in [6, 6.07) is 3.57. The molecule has 3 rings (SSSR count). The standard InChI is InChI=1S/C11H12O2/c12-9-4-3-8-6-1-2-7(5-6)10(8)11(9)13/h3-4,6-7,12-13H,1-2,5H2. The highest BCUT2D eigenvalue weighted by molar-refractivity contribution is 5.55. The first-order valence-corrected chi connectivity index (χ1v) is 4.82. The van der Waals surface area contributed by atoms with E-state index in [0.717, 1.165) is 5.56 Å². The van der Waals surface area contributed by atoms with E-state index in [1.165, 1.54) is 24.8 Å². The quantitative estimate of drug-likeness (QED) is 0.596. The van der Waals surface area contributed by atoms with Gasteiger partial charge in [-0.15, -0.1) is 0 Å². The number of phenolic OH excluding ortho intramolecular Hbond substituents is 2. The predicted molar refractivity (Wildman–Crippen MR) is 49.1 cm³/mol. The normalized spacial score (nSPS) is 29.2. The van der Waals surface area contributed by atoms with Crippen molar-refractivity contribution < 1.29 is 10.2 Å². The molecule has 2 N–H and O–H groups in total. The van der Waals surface area contributed by atoms with Crippen LogP contribution in [0.5, 0.6) is 11.5 Å². The van der Waals surface area contributed by atoms with Crippen molar-refractivity contribution in [1.82, 2.24) is 0 Å². The molecule has 2 aliphatic rings. The van der Waals surface area contributed by atoms with Gasteiger partial charge in [0.15, 0.2) is 11.5 Å². The fourth-order valence-corrected chi connectivity index (χ4v) is 2.92. The van der Waals surface area contributed by atoms with Crippen LogP contribution in [0.4, 0.5) is 0 Å². The molecular formula is C11H12O2. The Kier molecular flexibility index (Phi) is 1.22. The highest BCUT2D eigenvalue weighted by Gasteiger charge is 2.39. The molecule has 2 bridgehead atoms. The molecule has 0 aromatic heterocycles. The summed E-state index contributed by atoms with van der Waals surface area (Å²) < 4.78 is 0. The van der Waals surface area contributed by atoms with E-state index < -0.39 is 0 Å². The Morgan fingerprint density at radius 3 is 2.69 bits per heavy atom. The topological polar surface area (TPSA) is 40.5 Å². The minimum absolute atomic E-state index is 0.0336. The van der Waals surface area contributed by atoms with E-state index in [1.807, 2.05) is 6.07 Å². The van der Waals surface area contributed by atoms with Crippen LogP contribution in [0.1, 0.15) is 42.2 Å². The Morgan fingerprint density at radius 2 is 1.85 bits per heavy atom. The molecule has 2 nitrogen and oxygen atoms in total. The highest BCUT2D eigenvalue weighted by Crippen LogP contribution is 2.57. The van der Waals surface area contributed by atoms with Crippen molar-refractivity contribution in [3.63, 3.8) is 0 Å². The second-order valence-corrected chi connectivity index (χ2v) is 4.14. The lowest BCUT2D eigenvalue weighted by atomic mass is 9.91. The van der Waals surface area contributed by atoms with Crippen LogP contribution in [0.2, 0.25) is 0 Å². The third kappa shape index (κ3) is 0.781. The number of rotatable bonds is 0. The van der Waals surface area contributed by atoms with Gasteiger partial charge in [0.25, 0.3) is 0 Å². The van der Waals surface area contributed by atoms with Crippen molar-refractivity contribution in [2.45, 2.75) is 31.1 Å². The molecule has 13 heavy (non-hydrogen) atoms.